The fourth-order valence-electron chi connectivity index (χ4n) is 2.26. The van der Waals surface area contributed by atoms with Gasteiger partial charge in [-0.15, -0.1) is 0 Å². The predicted molar refractivity (Wildman–Crippen MR) is 67.4 cm³/mol. The number of aryl methyl sites for hydroxylation is 1. The number of nitrogens with zero attached hydrogens (tertiary/aromatic N) is 2. The topological polar surface area (TPSA) is 53.3 Å². The van der Waals surface area contributed by atoms with Crippen LogP contribution in [0.3, 0.4) is 0 Å². The van der Waals surface area contributed by atoms with Crippen LogP contribution in [0.4, 0.5) is 0 Å². The van der Waals surface area contributed by atoms with Crippen LogP contribution in [0.25, 0.3) is 0 Å². The van der Waals surface area contributed by atoms with Gasteiger partial charge in [0.05, 0.1) is 13.2 Å². The third-order valence-electron chi connectivity index (χ3n) is 3.32. The van der Waals surface area contributed by atoms with Gasteiger partial charge in [-0.25, -0.2) is 0 Å². The zero-order chi connectivity index (χ0) is 13.1. The van der Waals surface area contributed by atoms with Crippen molar-refractivity contribution < 1.29 is 9.53 Å². The number of ether oxygens (including phenoxy) is 1. The van der Waals surface area contributed by atoms with Gasteiger partial charge in [0.15, 0.2) is 0 Å². The SMILES string of the molecule is COc1cc(C(=O)N2CCCC2C#N)ccc1C. The molecule has 0 aliphatic carbocycles. The predicted octanol–water partition coefficient (Wildman–Crippen LogP) is 2.13. The maximum Gasteiger partial charge on any atom is 0.255 e. The van der Waals surface area contributed by atoms with Crippen molar-refractivity contribution >= 4 is 5.91 Å². The third kappa shape index (κ3) is 2.17. The molecule has 1 aliphatic rings. The molecule has 0 bridgehead atoms. The number of amides is 1. The summed E-state index contributed by atoms with van der Waals surface area (Å²) in [4.78, 5) is 14.0. The second-order valence-corrected chi connectivity index (χ2v) is 4.47. The van der Waals surface area contributed by atoms with Gasteiger partial charge in [0.2, 0.25) is 0 Å². The molecule has 0 N–H and O–H groups in total. The minimum Gasteiger partial charge on any atom is -0.496 e. The average molecular weight is 244 g/mol. The molecule has 0 aromatic heterocycles. The average Bonchev–Trinajstić information content (AvgIpc) is 2.86. The molecule has 1 fully saturated rings. The van der Waals surface area contributed by atoms with Crippen molar-refractivity contribution in [2.45, 2.75) is 25.8 Å². The number of carbonyl (C=O) groups excluding carboxylic acids is 1. The molecule has 18 heavy (non-hydrogen) atoms. The Morgan fingerprint density at radius 3 is 3.00 bits per heavy atom. The van der Waals surface area contributed by atoms with Crippen molar-refractivity contribution in [3.63, 3.8) is 0 Å². The van der Waals surface area contributed by atoms with E-state index in [2.05, 4.69) is 6.07 Å². The summed E-state index contributed by atoms with van der Waals surface area (Å²) in [6.07, 6.45) is 1.66. The second-order valence-electron chi connectivity index (χ2n) is 4.47. The van der Waals surface area contributed by atoms with E-state index in [4.69, 9.17) is 10.00 Å². The number of hydrogen-bond acceptors (Lipinski definition) is 3. The molecule has 1 aliphatic heterocycles. The lowest BCUT2D eigenvalue weighted by atomic mass is 10.1. The second kappa shape index (κ2) is 5.09. The zero-order valence-corrected chi connectivity index (χ0v) is 10.6. The lowest BCUT2D eigenvalue weighted by molar-refractivity contribution is 0.0764. The molecule has 2 rings (SSSR count). The highest BCUT2D eigenvalue weighted by molar-refractivity contribution is 5.95. The van der Waals surface area contributed by atoms with Crippen LogP contribution in [0, 0.1) is 18.3 Å². The summed E-state index contributed by atoms with van der Waals surface area (Å²) >= 11 is 0. The summed E-state index contributed by atoms with van der Waals surface area (Å²) in [7, 11) is 1.59. The van der Waals surface area contributed by atoms with Crippen LogP contribution < -0.4 is 4.74 Å². The minimum atomic E-state index is -0.287. The van der Waals surface area contributed by atoms with E-state index in [1.54, 1.807) is 24.1 Å². The number of rotatable bonds is 2. The number of carbonyl (C=O) groups is 1. The Morgan fingerprint density at radius 1 is 1.56 bits per heavy atom. The number of methoxy groups -OCH3 is 1. The lowest BCUT2D eigenvalue weighted by Gasteiger charge is -2.20. The molecule has 1 heterocycles. The molecular formula is C14H16N2O2. The van der Waals surface area contributed by atoms with Crippen LogP contribution in [-0.4, -0.2) is 30.5 Å². The van der Waals surface area contributed by atoms with E-state index in [0.717, 1.165) is 18.4 Å². The molecule has 0 saturated carbocycles. The summed E-state index contributed by atoms with van der Waals surface area (Å²) in [6, 6.07) is 7.28. The van der Waals surface area contributed by atoms with Crippen molar-refractivity contribution in [2.24, 2.45) is 0 Å². The van der Waals surface area contributed by atoms with Gasteiger partial charge in [-0.05, 0) is 37.5 Å². The molecule has 0 spiro atoms. The van der Waals surface area contributed by atoms with E-state index in [0.29, 0.717) is 17.9 Å². The maximum absolute atomic E-state index is 12.3. The molecule has 1 atom stereocenters. The van der Waals surface area contributed by atoms with Crippen molar-refractivity contribution in [3.8, 4) is 11.8 Å². The Morgan fingerprint density at radius 2 is 2.33 bits per heavy atom. The van der Waals surface area contributed by atoms with E-state index >= 15 is 0 Å². The molecular weight excluding hydrogens is 228 g/mol. The smallest absolute Gasteiger partial charge is 0.255 e. The van der Waals surface area contributed by atoms with Crippen LogP contribution in [0.2, 0.25) is 0 Å². The van der Waals surface area contributed by atoms with Gasteiger partial charge in [-0.1, -0.05) is 6.07 Å². The fraction of sp³-hybridized carbons (Fsp3) is 0.429. The van der Waals surface area contributed by atoms with Crippen LogP contribution >= 0.6 is 0 Å². The summed E-state index contributed by atoms with van der Waals surface area (Å²) in [6.45, 7) is 2.59. The van der Waals surface area contributed by atoms with Gasteiger partial charge < -0.3 is 9.64 Å². The maximum atomic E-state index is 12.3. The Kier molecular flexibility index (Phi) is 3.52. The van der Waals surface area contributed by atoms with Gasteiger partial charge >= 0.3 is 0 Å². The largest absolute Gasteiger partial charge is 0.496 e. The molecule has 1 amide bonds. The lowest BCUT2D eigenvalue weighted by Crippen LogP contribution is -2.34. The number of hydrogen-bond donors (Lipinski definition) is 0. The van der Waals surface area contributed by atoms with Crippen molar-refractivity contribution in [3.05, 3.63) is 29.3 Å². The monoisotopic (exact) mass is 244 g/mol. The van der Waals surface area contributed by atoms with Gasteiger partial charge in [0.1, 0.15) is 11.8 Å². The first-order valence-electron chi connectivity index (χ1n) is 6.02. The highest BCUT2D eigenvalue weighted by Crippen LogP contribution is 2.23. The molecule has 1 saturated heterocycles. The van der Waals surface area contributed by atoms with Crippen LogP contribution in [0.1, 0.15) is 28.8 Å². The van der Waals surface area contributed by atoms with E-state index < -0.39 is 0 Å². The molecule has 4 heteroatoms. The van der Waals surface area contributed by atoms with E-state index in [1.807, 2.05) is 13.0 Å². The first-order valence-corrected chi connectivity index (χ1v) is 6.02. The summed E-state index contributed by atoms with van der Waals surface area (Å²) in [5.74, 6) is 0.617. The molecule has 4 nitrogen and oxygen atoms in total. The number of likely N-dealkylation sites (tertiary alicyclic amines) is 1. The minimum absolute atomic E-state index is 0.0858. The van der Waals surface area contributed by atoms with Crippen LogP contribution in [-0.2, 0) is 0 Å². The molecule has 1 unspecified atom stereocenters. The summed E-state index contributed by atoms with van der Waals surface area (Å²) in [5.41, 5.74) is 1.58. The molecule has 94 valence electrons. The van der Waals surface area contributed by atoms with E-state index in [9.17, 15) is 4.79 Å². The first kappa shape index (κ1) is 12.4. The van der Waals surface area contributed by atoms with Gasteiger partial charge in [0.25, 0.3) is 5.91 Å². The number of nitriles is 1. The zero-order valence-electron chi connectivity index (χ0n) is 10.6. The van der Waals surface area contributed by atoms with Crippen LogP contribution in [0.5, 0.6) is 5.75 Å². The van der Waals surface area contributed by atoms with Crippen molar-refractivity contribution in [1.82, 2.24) is 4.90 Å². The quantitative estimate of drug-likeness (QED) is 0.800. The Labute approximate surface area is 107 Å². The highest BCUT2D eigenvalue weighted by Gasteiger charge is 2.29. The first-order chi connectivity index (χ1) is 8.67. The van der Waals surface area contributed by atoms with Crippen LogP contribution in [0.15, 0.2) is 18.2 Å². The Bertz CT molecular complexity index is 505. The van der Waals surface area contributed by atoms with Gasteiger partial charge in [-0.3, -0.25) is 4.79 Å². The third-order valence-corrected chi connectivity index (χ3v) is 3.32. The highest BCUT2D eigenvalue weighted by atomic mass is 16.5. The van der Waals surface area contributed by atoms with E-state index in [-0.39, 0.29) is 11.9 Å². The standard InChI is InChI=1S/C14H16N2O2/c1-10-5-6-11(8-13(10)18-2)14(17)16-7-3-4-12(16)9-15/h5-6,8,12H,3-4,7H2,1-2H3. The fourth-order valence-corrected chi connectivity index (χ4v) is 2.26. The molecule has 0 radical (unpaired) electrons. The van der Waals surface area contributed by atoms with Gasteiger partial charge in [-0.2, -0.15) is 5.26 Å². The van der Waals surface area contributed by atoms with E-state index in [1.165, 1.54) is 0 Å². The summed E-state index contributed by atoms with van der Waals surface area (Å²) < 4.78 is 5.22. The molecule has 1 aromatic rings. The van der Waals surface area contributed by atoms with Crippen molar-refractivity contribution in [2.75, 3.05) is 13.7 Å². The van der Waals surface area contributed by atoms with Crippen molar-refractivity contribution in [1.29, 1.82) is 5.26 Å². The normalized spacial score (nSPS) is 18.5. The summed E-state index contributed by atoms with van der Waals surface area (Å²) in [5, 5.41) is 9.01. The molecule has 1 aromatic carbocycles. The van der Waals surface area contributed by atoms with Gasteiger partial charge in [0, 0.05) is 12.1 Å². The Hall–Kier alpha value is -2.02. The number of benzene rings is 1. The Balaban J connectivity index is 2.26.